The predicted molar refractivity (Wildman–Crippen MR) is 235 cm³/mol. The number of pyridine rings is 1. The number of phenols is 1. The predicted octanol–water partition coefficient (Wildman–Crippen LogP) is 13.7. The van der Waals surface area contributed by atoms with Crippen LogP contribution in [-0.2, 0) is 10.8 Å². The Morgan fingerprint density at radius 3 is 1.93 bits per heavy atom. The highest BCUT2D eigenvalue weighted by Crippen LogP contribution is 2.42. The zero-order chi connectivity index (χ0) is 39.4. The van der Waals surface area contributed by atoms with Crippen LogP contribution in [0.15, 0.2) is 146 Å². The van der Waals surface area contributed by atoms with E-state index >= 15 is 0 Å². The molecule has 0 saturated carbocycles. The maximum atomic E-state index is 11.7. The summed E-state index contributed by atoms with van der Waals surface area (Å²) >= 11 is 0. The van der Waals surface area contributed by atoms with Crippen molar-refractivity contribution in [3.8, 4) is 67.5 Å². The first-order valence-electron chi connectivity index (χ1n) is 19.5. The molecule has 2 aromatic heterocycles. The Bertz CT molecular complexity index is 2730. The van der Waals surface area contributed by atoms with Crippen molar-refractivity contribution < 1.29 is 5.11 Å². The van der Waals surface area contributed by atoms with E-state index in [4.69, 9.17) is 9.97 Å². The van der Waals surface area contributed by atoms with Gasteiger partial charge in [-0.3, -0.25) is 9.55 Å². The monoisotopic (exact) mass is 731 g/mol. The Morgan fingerprint density at radius 1 is 0.536 bits per heavy atom. The number of hydrogen-bond acceptors (Lipinski definition) is 3. The average molecular weight is 732 g/mol. The molecule has 0 radical (unpaired) electrons. The summed E-state index contributed by atoms with van der Waals surface area (Å²) in [4.78, 5) is 10.4. The third kappa shape index (κ3) is 6.92. The lowest BCUT2D eigenvalue weighted by Gasteiger charge is -2.25. The number of aromatic hydroxyl groups is 1. The molecule has 0 atom stereocenters. The fraction of sp³-hybridized carbons (Fsp3) is 0.192. The molecule has 2 heterocycles. The molecule has 4 nitrogen and oxygen atoms in total. The SMILES string of the molecule is Cc1cc(C)c(O)c(-c2nc3c(-c4cc(-c5cc(-c6ccccc6)ccn5)cc(C(C)(C)C)c4)cccc3n2-c2ccc(-c3ccccc3)c(C(C)(C)C)c2)c1. The lowest BCUT2D eigenvalue weighted by Crippen LogP contribution is -2.14. The number of fused-ring (bicyclic) bond motifs is 1. The van der Waals surface area contributed by atoms with Crippen molar-refractivity contribution >= 4 is 11.0 Å². The second kappa shape index (κ2) is 14.1. The Balaban J connectivity index is 1.39. The molecule has 1 N–H and O–H groups in total. The zero-order valence-electron chi connectivity index (χ0n) is 33.6. The third-order valence-corrected chi connectivity index (χ3v) is 10.8. The molecule has 4 heteroatoms. The van der Waals surface area contributed by atoms with Gasteiger partial charge in [0.25, 0.3) is 0 Å². The van der Waals surface area contributed by atoms with Crippen molar-refractivity contribution in [1.29, 1.82) is 0 Å². The Hall–Kier alpha value is -6.26. The van der Waals surface area contributed by atoms with Crippen LogP contribution < -0.4 is 0 Å². The second-order valence-corrected chi connectivity index (χ2v) is 17.1. The van der Waals surface area contributed by atoms with Crippen LogP contribution in [0.5, 0.6) is 5.75 Å². The van der Waals surface area contributed by atoms with E-state index in [1.165, 1.54) is 22.3 Å². The first-order valence-corrected chi connectivity index (χ1v) is 19.5. The second-order valence-electron chi connectivity index (χ2n) is 17.1. The Labute approximate surface area is 331 Å². The molecule has 8 aromatic rings. The molecule has 0 saturated heterocycles. The number of nitrogens with zero attached hydrogens (tertiary/aromatic N) is 3. The van der Waals surface area contributed by atoms with Crippen molar-refractivity contribution in [3.05, 3.63) is 168 Å². The van der Waals surface area contributed by atoms with E-state index < -0.39 is 0 Å². The number of imidazole rings is 1. The van der Waals surface area contributed by atoms with Gasteiger partial charge in [0.1, 0.15) is 11.6 Å². The quantitative estimate of drug-likeness (QED) is 0.185. The van der Waals surface area contributed by atoms with Gasteiger partial charge < -0.3 is 5.11 Å². The molecule has 56 heavy (non-hydrogen) atoms. The molecular weight excluding hydrogens is 683 g/mol. The van der Waals surface area contributed by atoms with Crippen LogP contribution in [0.25, 0.3) is 72.7 Å². The van der Waals surface area contributed by atoms with Gasteiger partial charge in [0.2, 0.25) is 0 Å². The van der Waals surface area contributed by atoms with E-state index in [1.54, 1.807) is 0 Å². The van der Waals surface area contributed by atoms with E-state index in [0.717, 1.165) is 61.4 Å². The highest BCUT2D eigenvalue weighted by Gasteiger charge is 2.25. The molecule has 0 bridgehead atoms. The minimum Gasteiger partial charge on any atom is -0.507 e. The van der Waals surface area contributed by atoms with E-state index in [2.05, 4.69) is 174 Å². The number of benzene rings is 6. The molecule has 0 aliphatic carbocycles. The molecular formula is C52H49N3O. The first kappa shape index (κ1) is 36.7. The van der Waals surface area contributed by atoms with Crippen LogP contribution in [0.2, 0.25) is 0 Å². The zero-order valence-corrected chi connectivity index (χ0v) is 33.6. The highest BCUT2D eigenvalue weighted by atomic mass is 16.3. The molecule has 6 aromatic carbocycles. The number of rotatable bonds is 6. The van der Waals surface area contributed by atoms with Crippen molar-refractivity contribution in [2.75, 3.05) is 0 Å². The maximum absolute atomic E-state index is 11.7. The number of aryl methyl sites for hydroxylation is 2. The van der Waals surface area contributed by atoms with Crippen molar-refractivity contribution in [1.82, 2.24) is 14.5 Å². The summed E-state index contributed by atoms with van der Waals surface area (Å²) in [6.45, 7) is 17.6. The normalized spacial score (nSPS) is 12.0. The molecule has 0 spiro atoms. The summed E-state index contributed by atoms with van der Waals surface area (Å²) < 4.78 is 2.23. The van der Waals surface area contributed by atoms with Gasteiger partial charge in [-0.25, -0.2) is 4.98 Å². The fourth-order valence-electron chi connectivity index (χ4n) is 7.83. The number of para-hydroxylation sites is 1. The summed E-state index contributed by atoms with van der Waals surface area (Å²) in [5.41, 5.74) is 16.4. The number of hydrogen-bond donors (Lipinski definition) is 1. The van der Waals surface area contributed by atoms with E-state index in [0.29, 0.717) is 11.4 Å². The Kier molecular flexibility index (Phi) is 9.25. The minimum atomic E-state index is -0.138. The van der Waals surface area contributed by atoms with E-state index in [-0.39, 0.29) is 16.6 Å². The van der Waals surface area contributed by atoms with E-state index in [9.17, 15) is 5.11 Å². The number of phenolic OH excluding ortho intramolecular Hbond substituents is 1. The van der Waals surface area contributed by atoms with Gasteiger partial charge in [-0.15, -0.1) is 0 Å². The van der Waals surface area contributed by atoms with Crippen molar-refractivity contribution in [2.45, 2.75) is 66.2 Å². The van der Waals surface area contributed by atoms with Crippen LogP contribution >= 0.6 is 0 Å². The standard InChI is InChI=1S/C52H49N3O/c1-33-26-34(2)49(56)44(27-33)50-54-48-43(20-15-21-47(48)55(50)41-22-23-42(36-18-13-10-14-19-36)45(32-41)52(6,7)8)38-28-39(30-40(29-38)51(3,4)5)46-31-37(24-25-53-46)35-16-11-9-12-17-35/h9-32,56H,1-8H3. The Morgan fingerprint density at radius 2 is 1.23 bits per heavy atom. The molecule has 278 valence electrons. The molecule has 0 aliphatic heterocycles. The van der Waals surface area contributed by atoms with Crippen molar-refractivity contribution in [2.24, 2.45) is 0 Å². The molecule has 0 aliphatic rings. The van der Waals surface area contributed by atoms with Crippen molar-refractivity contribution in [3.63, 3.8) is 0 Å². The molecule has 0 unspecified atom stereocenters. The van der Waals surface area contributed by atoms with Crippen LogP contribution in [-0.4, -0.2) is 19.6 Å². The van der Waals surface area contributed by atoms with Crippen LogP contribution in [0.1, 0.15) is 63.8 Å². The largest absolute Gasteiger partial charge is 0.507 e. The third-order valence-electron chi connectivity index (χ3n) is 10.8. The van der Waals surface area contributed by atoms with Gasteiger partial charge in [-0.05, 0) is 123 Å². The highest BCUT2D eigenvalue weighted by molar-refractivity contribution is 5.97. The summed E-state index contributed by atoms with van der Waals surface area (Å²) in [5, 5.41) is 11.7. The lowest BCUT2D eigenvalue weighted by atomic mass is 9.81. The van der Waals surface area contributed by atoms with Gasteiger partial charge >= 0.3 is 0 Å². The van der Waals surface area contributed by atoms with Crippen LogP contribution in [0.4, 0.5) is 0 Å². The first-order chi connectivity index (χ1) is 26.8. The minimum absolute atomic E-state index is 0.116. The molecule has 0 amide bonds. The summed E-state index contributed by atoms with van der Waals surface area (Å²) in [6.07, 6.45) is 1.90. The summed E-state index contributed by atoms with van der Waals surface area (Å²) in [5.74, 6) is 0.945. The maximum Gasteiger partial charge on any atom is 0.149 e. The topological polar surface area (TPSA) is 50.9 Å². The summed E-state index contributed by atoms with van der Waals surface area (Å²) in [7, 11) is 0. The summed E-state index contributed by atoms with van der Waals surface area (Å²) in [6, 6.07) is 49.4. The van der Waals surface area contributed by atoms with Gasteiger partial charge in [0, 0.05) is 23.0 Å². The van der Waals surface area contributed by atoms with Gasteiger partial charge in [0.05, 0.1) is 22.3 Å². The molecule has 8 rings (SSSR count). The van der Waals surface area contributed by atoms with E-state index in [1.807, 2.05) is 31.3 Å². The van der Waals surface area contributed by atoms with Gasteiger partial charge in [-0.1, -0.05) is 133 Å². The van der Waals surface area contributed by atoms with Gasteiger partial charge in [-0.2, -0.15) is 0 Å². The van der Waals surface area contributed by atoms with Crippen LogP contribution in [0.3, 0.4) is 0 Å². The average Bonchev–Trinajstić information content (AvgIpc) is 3.58. The lowest BCUT2D eigenvalue weighted by molar-refractivity contribution is 0.472. The van der Waals surface area contributed by atoms with Gasteiger partial charge in [0.15, 0.2) is 0 Å². The molecule has 0 fully saturated rings. The fourth-order valence-corrected chi connectivity index (χ4v) is 7.83. The van der Waals surface area contributed by atoms with Crippen LogP contribution in [0, 0.1) is 13.8 Å². The smallest absolute Gasteiger partial charge is 0.149 e. The number of aromatic nitrogens is 3.